The summed E-state index contributed by atoms with van der Waals surface area (Å²) in [6.07, 6.45) is 0. The van der Waals surface area contributed by atoms with E-state index in [4.69, 9.17) is 10.7 Å². The molecule has 0 aliphatic carbocycles. The Balaban J connectivity index is 2.01. The van der Waals surface area contributed by atoms with Crippen LogP contribution in [0.5, 0.6) is 0 Å². The molecule has 4 aromatic rings. The second kappa shape index (κ2) is 6.26. The predicted molar refractivity (Wildman–Crippen MR) is 114 cm³/mol. The van der Waals surface area contributed by atoms with E-state index in [-0.39, 0.29) is 5.41 Å². The van der Waals surface area contributed by atoms with E-state index in [2.05, 4.69) is 57.2 Å². The molecule has 0 aliphatic heterocycles. The molecule has 0 spiro atoms. The Labute approximate surface area is 158 Å². The van der Waals surface area contributed by atoms with Gasteiger partial charge in [-0.2, -0.15) is 0 Å². The van der Waals surface area contributed by atoms with Crippen molar-refractivity contribution in [2.45, 2.75) is 26.2 Å². The highest BCUT2D eigenvalue weighted by molar-refractivity contribution is 7.21. The van der Waals surface area contributed by atoms with E-state index < -0.39 is 0 Å². The van der Waals surface area contributed by atoms with Crippen LogP contribution in [0.2, 0.25) is 0 Å². The molecule has 4 rings (SSSR count). The Morgan fingerprint density at radius 3 is 2.23 bits per heavy atom. The van der Waals surface area contributed by atoms with Crippen molar-refractivity contribution < 1.29 is 0 Å². The first-order valence-corrected chi connectivity index (χ1v) is 9.60. The Bertz CT molecular complexity index is 1070. The van der Waals surface area contributed by atoms with E-state index in [1.165, 1.54) is 21.4 Å². The first-order valence-electron chi connectivity index (χ1n) is 8.79. The molecule has 0 bridgehead atoms. The average molecular weight is 359 g/mol. The second-order valence-electron chi connectivity index (χ2n) is 7.59. The fourth-order valence-corrected chi connectivity index (χ4v) is 4.19. The zero-order valence-electron chi connectivity index (χ0n) is 15.3. The Morgan fingerprint density at radius 2 is 1.54 bits per heavy atom. The summed E-state index contributed by atoms with van der Waals surface area (Å²) in [6.45, 7) is 6.75. The molecule has 2 N–H and O–H groups in total. The number of fused-ring (bicyclic) bond motifs is 1. The molecule has 2 nitrogen and oxygen atoms in total. The number of para-hydroxylation sites is 1. The maximum absolute atomic E-state index is 6.19. The number of benzene rings is 3. The Kier molecular flexibility index (Phi) is 4.04. The molecule has 0 fully saturated rings. The Morgan fingerprint density at radius 1 is 0.846 bits per heavy atom. The van der Waals surface area contributed by atoms with Crippen LogP contribution >= 0.6 is 11.3 Å². The lowest BCUT2D eigenvalue weighted by molar-refractivity contribution is 0.591. The quantitative estimate of drug-likeness (QED) is 0.415. The molecule has 130 valence electrons. The van der Waals surface area contributed by atoms with Gasteiger partial charge in [0.25, 0.3) is 0 Å². The molecule has 0 unspecified atom stereocenters. The van der Waals surface area contributed by atoms with E-state index in [1.54, 1.807) is 11.3 Å². The van der Waals surface area contributed by atoms with Gasteiger partial charge in [-0.3, -0.25) is 0 Å². The fourth-order valence-electron chi connectivity index (χ4n) is 3.11. The molecule has 1 heterocycles. The van der Waals surface area contributed by atoms with Crippen LogP contribution in [0, 0.1) is 0 Å². The van der Waals surface area contributed by atoms with E-state index in [0.29, 0.717) is 0 Å². The van der Waals surface area contributed by atoms with Gasteiger partial charge in [-0.25, -0.2) is 4.98 Å². The summed E-state index contributed by atoms with van der Waals surface area (Å²) in [5.41, 5.74) is 12.8. The van der Waals surface area contributed by atoms with Crippen LogP contribution in [-0.2, 0) is 5.41 Å². The zero-order valence-corrected chi connectivity index (χ0v) is 16.1. The largest absolute Gasteiger partial charge is 0.398 e. The van der Waals surface area contributed by atoms with Crippen molar-refractivity contribution in [2.24, 2.45) is 0 Å². The fraction of sp³-hybridized carbons (Fsp3) is 0.174. The molecule has 0 amide bonds. The molecular weight excluding hydrogens is 336 g/mol. The van der Waals surface area contributed by atoms with Gasteiger partial charge in [0.2, 0.25) is 0 Å². The summed E-state index contributed by atoms with van der Waals surface area (Å²) in [7, 11) is 0. The summed E-state index contributed by atoms with van der Waals surface area (Å²) in [4.78, 5) is 4.98. The highest BCUT2D eigenvalue weighted by atomic mass is 32.1. The van der Waals surface area contributed by atoms with Crippen LogP contribution in [0.4, 0.5) is 5.69 Å². The van der Waals surface area contributed by atoms with E-state index in [1.807, 2.05) is 30.3 Å². The third kappa shape index (κ3) is 2.99. The van der Waals surface area contributed by atoms with Crippen molar-refractivity contribution in [1.82, 2.24) is 4.98 Å². The topological polar surface area (TPSA) is 38.9 Å². The highest BCUT2D eigenvalue weighted by Gasteiger charge is 2.19. The number of hydrogen-bond acceptors (Lipinski definition) is 3. The van der Waals surface area contributed by atoms with Gasteiger partial charge >= 0.3 is 0 Å². The van der Waals surface area contributed by atoms with Crippen molar-refractivity contribution in [1.29, 1.82) is 0 Å². The van der Waals surface area contributed by atoms with Crippen molar-refractivity contribution in [2.75, 3.05) is 5.73 Å². The lowest BCUT2D eigenvalue weighted by Gasteiger charge is -2.20. The molecule has 1 aromatic heterocycles. The number of thiazole rings is 1. The number of nitrogen functional groups attached to an aromatic ring is 1. The molecule has 3 heteroatoms. The summed E-state index contributed by atoms with van der Waals surface area (Å²) in [5.74, 6) is 0. The van der Waals surface area contributed by atoms with Gasteiger partial charge in [0.1, 0.15) is 5.01 Å². The predicted octanol–water partition coefficient (Wildman–Crippen LogP) is 6.51. The number of hydrogen-bond donors (Lipinski definition) is 1. The number of nitrogens with two attached hydrogens (primary N) is 1. The minimum Gasteiger partial charge on any atom is -0.398 e. The van der Waals surface area contributed by atoms with Crippen LogP contribution < -0.4 is 5.73 Å². The zero-order chi connectivity index (χ0) is 18.3. The monoisotopic (exact) mass is 358 g/mol. The molecule has 0 saturated heterocycles. The second-order valence-corrected chi connectivity index (χ2v) is 8.62. The molecule has 3 aromatic carbocycles. The maximum Gasteiger partial charge on any atom is 0.126 e. The van der Waals surface area contributed by atoms with Gasteiger partial charge in [0.15, 0.2) is 0 Å². The Hall–Kier alpha value is -2.65. The smallest absolute Gasteiger partial charge is 0.126 e. The first-order chi connectivity index (χ1) is 12.4. The molecule has 0 aliphatic rings. The number of rotatable bonds is 2. The normalized spacial score (nSPS) is 11.8. The van der Waals surface area contributed by atoms with Crippen LogP contribution in [-0.4, -0.2) is 4.98 Å². The van der Waals surface area contributed by atoms with Crippen molar-refractivity contribution in [3.05, 3.63) is 72.3 Å². The summed E-state index contributed by atoms with van der Waals surface area (Å²) in [5, 5.41) is 0.973. The SMILES string of the molecule is CC(C)(C)c1cc(-c2ccccc2)c2nc(-c3ccccc3N)sc2c1. The molecule has 0 saturated carbocycles. The van der Waals surface area contributed by atoms with E-state index in [9.17, 15) is 0 Å². The van der Waals surface area contributed by atoms with Crippen LogP contribution in [0.25, 0.3) is 31.9 Å². The first kappa shape index (κ1) is 16.8. The highest BCUT2D eigenvalue weighted by Crippen LogP contribution is 2.40. The standard InChI is InChI=1S/C23H22N2S/c1-23(2,3)16-13-18(15-9-5-4-6-10-15)21-20(14-16)26-22(25-21)17-11-7-8-12-19(17)24/h4-14H,24H2,1-3H3. The van der Waals surface area contributed by atoms with Crippen LogP contribution in [0.1, 0.15) is 26.3 Å². The van der Waals surface area contributed by atoms with Crippen LogP contribution in [0.3, 0.4) is 0 Å². The average Bonchev–Trinajstić information content (AvgIpc) is 3.05. The van der Waals surface area contributed by atoms with Gasteiger partial charge in [0, 0.05) is 16.8 Å². The summed E-state index contributed by atoms with van der Waals surface area (Å²) >= 11 is 1.71. The summed E-state index contributed by atoms with van der Waals surface area (Å²) < 4.78 is 1.20. The van der Waals surface area contributed by atoms with Gasteiger partial charge in [0.05, 0.1) is 10.2 Å². The molecular formula is C23H22N2S. The van der Waals surface area contributed by atoms with Crippen molar-refractivity contribution in [3.8, 4) is 21.7 Å². The van der Waals surface area contributed by atoms with Crippen molar-refractivity contribution >= 4 is 27.2 Å². The van der Waals surface area contributed by atoms with Gasteiger partial charge in [-0.15, -0.1) is 11.3 Å². The summed E-state index contributed by atoms with van der Waals surface area (Å²) in [6, 6.07) is 23.0. The molecule has 26 heavy (non-hydrogen) atoms. The molecule has 0 radical (unpaired) electrons. The molecule has 0 atom stereocenters. The minimum absolute atomic E-state index is 0.0770. The number of aromatic nitrogens is 1. The van der Waals surface area contributed by atoms with Gasteiger partial charge in [-0.1, -0.05) is 63.2 Å². The van der Waals surface area contributed by atoms with Gasteiger partial charge in [-0.05, 0) is 40.8 Å². The number of nitrogens with zero attached hydrogens (tertiary/aromatic N) is 1. The maximum atomic E-state index is 6.19. The van der Waals surface area contributed by atoms with Crippen LogP contribution in [0.15, 0.2) is 66.7 Å². The lowest BCUT2D eigenvalue weighted by atomic mass is 9.85. The third-order valence-corrected chi connectivity index (χ3v) is 5.67. The number of anilines is 1. The third-order valence-electron chi connectivity index (χ3n) is 4.64. The van der Waals surface area contributed by atoms with Crippen molar-refractivity contribution in [3.63, 3.8) is 0 Å². The lowest BCUT2D eigenvalue weighted by Crippen LogP contribution is -2.10. The minimum atomic E-state index is 0.0770. The van der Waals surface area contributed by atoms with E-state index >= 15 is 0 Å². The van der Waals surface area contributed by atoms with Gasteiger partial charge < -0.3 is 5.73 Å². The van der Waals surface area contributed by atoms with E-state index in [0.717, 1.165) is 21.8 Å².